The zero-order valence-electron chi connectivity index (χ0n) is 16.8. The molecule has 2 heterocycles. The Morgan fingerprint density at radius 1 is 1.17 bits per heavy atom. The number of carbonyl (C=O) groups excluding carboxylic acids is 5. The molecule has 1 N–H and O–H groups in total. The molecule has 1 saturated heterocycles. The van der Waals surface area contributed by atoms with Crippen LogP contribution in [-0.4, -0.2) is 57.5 Å². The molecule has 0 spiro atoms. The third kappa shape index (κ3) is 4.30. The number of nitrogens with one attached hydrogen (secondary N) is 1. The fourth-order valence-corrected chi connectivity index (χ4v) is 4.68. The predicted molar refractivity (Wildman–Crippen MR) is 109 cm³/mol. The van der Waals surface area contributed by atoms with Gasteiger partial charge in [0.15, 0.2) is 11.6 Å². The molecule has 1 unspecified atom stereocenters. The smallest absolute Gasteiger partial charge is 0.356 e. The minimum absolute atomic E-state index is 0.0322. The summed E-state index contributed by atoms with van der Waals surface area (Å²) in [5.41, 5.74) is 1.47. The molecule has 1 aromatic carbocycles. The van der Waals surface area contributed by atoms with E-state index in [1.165, 1.54) is 16.7 Å². The summed E-state index contributed by atoms with van der Waals surface area (Å²) < 4.78 is 5.09. The molecule has 0 aromatic heterocycles. The van der Waals surface area contributed by atoms with E-state index in [0.717, 1.165) is 19.4 Å². The summed E-state index contributed by atoms with van der Waals surface area (Å²) in [6.07, 6.45) is -1.35. The van der Waals surface area contributed by atoms with Crippen molar-refractivity contribution in [1.29, 1.82) is 0 Å². The maximum atomic E-state index is 12.7. The molecule has 0 aliphatic carbocycles. The number of nitrogens with zero attached hydrogens (tertiary/aromatic N) is 1. The minimum Gasteiger partial charge on any atom is -0.442 e. The van der Waals surface area contributed by atoms with Crippen molar-refractivity contribution in [3.05, 3.63) is 47.2 Å². The number of amides is 2. The minimum atomic E-state index is -1.50. The van der Waals surface area contributed by atoms with Crippen LogP contribution in [0.2, 0.25) is 0 Å². The molecule has 3 rings (SSSR count). The van der Waals surface area contributed by atoms with Crippen molar-refractivity contribution < 1.29 is 28.7 Å². The van der Waals surface area contributed by atoms with Gasteiger partial charge in [0.05, 0.1) is 6.42 Å². The van der Waals surface area contributed by atoms with Crippen LogP contribution in [0.4, 0.5) is 0 Å². The second-order valence-corrected chi connectivity index (χ2v) is 8.36. The van der Waals surface area contributed by atoms with Crippen molar-refractivity contribution in [2.24, 2.45) is 0 Å². The molecule has 2 aliphatic heterocycles. The average Bonchev–Trinajstić information content (AvgIpc) is 2.70. The van der Waals surface area contributed by atoms with Crippen molar-refractivity contribution in [3.63, 3.8) is 0 Å². The van der Waals surface area contributed by atoms with Crippen molar-refractivity contribution in [1.82, 2.24) is 10.2 Å². The lowest BCUT2D eigenvalue weighted by atomic mass is 10.0. The van der Waals surface area contributed by atoms with Gasteiger partial charge in [-0.25, -0.2) is 4.79 Å². The predicted octanol–water partition coefficient (Wildman–Crippen LogP) is 0.993. The van der Waals surface area contributed by atoms with Gasteiger partial charge in [-0.05, 0) is 31.9 Å². The van der Waals surface area contributed by atoms with Gasteiger partial charge < -0.3 is 10.1 Å². The quantitative estimate of drug-likeness (QED) is 0.390. The van der Waals surface area contributed by atoms with Crippen molar-refractivity contribution in [3.8, 4) is 0 Å². The molecule has 9 heteroatoms. The number of hydrogen-bond donors (Lipinski definition) is 1. The molecule has 1 aromatic rings. The highest BCUT2D eigenvalue weighted by atomic mass is 32.2. The van der Waals surface area contributed by atoms with Crippen LogP contribution < -0.4 is 5.32 Å². The van der Waals surface area contributed by atoms with E-state index in [-0.39, 0.29) is 18.0 Å². The Kier molecular flexibility index (Phi) is 6.40. The summed E-state index contributed by atoms with van der Waals surface area (Å²) in [5, 5.41) is 2.28. The molecule has 8 nitrogen and oxygen atoms in total. The molecule has 0 bridgehead atoms. The van der Waals surface area contributed by atoms with E-state index in [1.54, 1.807) is 6.92 Å². The Bertz CT molecular complexity index is 928. The van der Waals surface area contributed by atoms with Gasteiger partial charge in [-0.1, -0.05) is 30.3 Å². The van der Waals surface area contributed by atoms with Crippen LogP contribution in [0.25, 0.3) is 0 Å². The zero-order chi connectivity index (χ0) is 22.0. The Morgan fingerprint density at radius 2 is 1.80 bits per heavy atom. The Hall–Kier alpha value is -2.94. The highest BCUT2D eigenvalue weighted by molar-refractivity contribution is 8.00. The van der Waals surface area contributed by atoms with E-state index in [4.69, 9.17) is 4.74 Å². The number of Topliss-reactive ketones (excluding diaryl/α,β-unsaturated/α-hetero) is 2. The number of hydrogen-bond acceptors (Lipinski definition) is 7. The lowest BCUT2D eigenvalue weighted by molar-refractivity contribution is -0.160. The highest BCUT2D eigenvalue weighted by Gasteiger charge is 2.54. The van der Waals surface area contributed by atoms with Crippen LogP contribution in [0.1, 0.15) is 26.3 Å². The van der Waals surface area contributed by atoms with Crippen molar-refractivity contribution in [2.45, 2.75) is 44.7 Å². The number of benzene rings is 1. The summed E-state index contributed by atoms with van der Waals surface area (Å²) >= 11 is 1.42. The van der Waals surface area contributed by atoms with Crippen LogP contribution in [0, 0.1) is 0 Å². The molecular formula is C21H22N2O6S. The third-order valence-corrected chi connectivity index (χ3v) is 6.26. The van der Waals surface area contributed by atoms with Crippen molar-refractivity contribution in [2.75, 3.05) is 5.75 Å². The van der Waals surface area contributed by atoms with Gasteiger partial charge in [0.25, 0.3) is 5.91 Å². The molecule has 0 saturated carbocycles. The summed E-state index contributed by atoms with van der Waals surface area (Å²) in [7, 11) is 0. The molecule has 158 valence electrons. The first-order chi connectivity index (χ1) is 14.2. The van der Waals surface area contributed by atoms with Gasteiger partial charge in [0.2, 0.25) is 12.0 Å². The lowest BCUT2D eigenvalue weighted by Gasteiger charge is -2.49. The first-order valence-corrected chi connectivity index (χ1v) is 10.4. The largest absolute Gasteiger partial charge is 0.442 e. The monoisotopic (exact) mass is 430 g/mol. The first kappa shape index (κ1) is 21.8. The molecule has 2 atom stereocenters. The maximum Gasteiger partial charge on any atom is 0.356 e. The molecular weight excluding hydrogens is 408 g/mol. The molecule has 30 heavy (non-hydrogen) atoms. The van der Waals surface area contributed by atoms with Crippen LogP contribution in [0.3, 0.4) is 0 Å². The number of carbonyl (C=O) groups is 5. The van der Waals surface area contributed by atoms with E-state index in [0.29, 0.717) is 11.3 Å². The fourth-order valence-electron chi connectivity index (χ4n) is 3.38. The van der Waals surface area contributed by atoms with Crippen molar-refractivity contribution >= 4 is 41.1 Å². The van der Waals surface area contributed by atoms with E-state index in [2.05, 4.69) is 5.32 Å². The SMILES string of the molecule is CC(=O)C(OC(=O)C1=C(C)CS[C@H]2C(NC(=O)Cc3ccccc3)C(=O)N12)C(C)=O. The number of ether oxygens (including phenoxy) is 1. The Labute approximate surface area is 178 Å². The number of esters is 1. The number of rotatable bonds is 7. The van der Waals surface area contributed by atoms with Crippen LogP contribution in [0.5, 0.6) is 0 Å². The van der Waals surface area contributed by atoms with E-state index in [1.807, 2.05) is 30.3 Å². The highest BCUT2D eigenvalue weighted by Crippen LogP contribution is 2.40. The molecule has 2 aliphatic rings. The van der Waals surface area contributed by atoms with Gasteiger partial charge in [0.1, 0.15) is 17.1 Å². The number of fused-ring (bicyclic) bond motifs is 1. The van der Waals surface area contributed by atoms with Gasteiger partial charge in [-0.2, -0.15) is 0 Å². The molecule has 1 fully saturated rings. The van der Waals surface area contributed by atoms with Gasteiger partial charge in [-0.3, -0.25) is 24.1 Å². The fraction of sp³-hybridized carbons (Fsp3) is 0.381. The van der Waals surface area contributed by atoms with Gasteiger partial charge in [-0.15, -0.1) is 11.8 Å². The van der Waals surface area contributed by atoms with Crippen LogP contribution in [0.15, 0.2) is 41.6 Å². The van der Waals surface area contributed by atoms with Crippen LogP contribution >= 0.6 is 11.8 Å². The molecule has 0 radical (unpaired) electrons. The normalized spacial score (nSPS) is 20.4. The van der Waals surface area contributed by atoms with E-state index >= 15 is 0 Å². The molecule has 2 amide bonds. The topological polar surface area (TPSA) is 110 Å². The maximum absolute atomic E-state index is 12.7. The first-order valence-electron chi connectivity index (χ1n) is 9.40. The lowest BCUT2D eigenvalue weighted by Crippen LogP contribution is -2.70. The summed E-state index contributed by atoms with van der Waals surface area (Å²) in [6.45, 7) is 4.01. The number of thioether (sulfide) groups is 1. The summed E-state index contributed by atoms with van der Waals surface area (Å²) in [6, 6.07) is 8.41. The van der Waals surface area contributed by atoms with Crippen LogP contribution in [-0.2, 0) is 35.1 Å². The third-order valence-electron chi connectivity index (χ3n) is 4.84. The number of β-lactam (4-membered cyclic amide) rings is 1. The zero-order valence-corrected chi connectivity index (χ0v) is 17.7. The summed E-state index contributed by atoms with van der Waals surface area (Å²) in [4.78, 5) is 62.2. The second kappa shape index (κ2) is 8.83. The van der Waals surface area contributed by atoms with E-state index in [9.17, 15) is 24.0 Å². The Morgan fingerprint density at radius 3 is 2.40 bits per heavy atom. The number of ketones is 2. The average molecular weight is 430 g/mol. The van der Waals surface area contributed by atoms with Gasteiger partial charge >= 0.3 is 5.97 Å². The second-order valence-electron chi connectivity index (χ2n) is 7.25. The van der Waals surface area contributed by atoms with E-state index < -0.39 is 41.0 Å². The van der Waals surface area contributed by atoms with Gasteiger partial charge in [0, 0.05) is 5.75 Å². The Balaban J connectivity index is 1.69. The summed E-state index contributed by atoms with van der Waals surface area (Å²) in [5.74, 6) is -2.33. The standard InChI is InChI=1S/C21H22N2O6S/c1-11-10-30-20-16(22-15(26)9-14-7-5-4-6-8-14)19(27)23(20)17(11)21(28)29-18(12(2)24)13(3)25/h4-8,16,18,20H,9-10H2,1-3H3,(H,22,26)/t16?,20-/m0/s1.